The molecule has 0 aromatic heterocycles. The van der Waals surface area contributed by atoms with Gasteiger partial charge in [0, 0.05) is 19.2 Å². The first-order valence-electron chi connectivity index (χ1n) is 5.80. The molecular weight excluding hydrogens is 254 g/mol. The Morgan fingerprint density at radius 3 is 2.89 bits per heavy atom. The van der Waals surface area contributed by atoms with Crippen LogP contribution in [0.1, 0.15) is 12.0 Å². The van der Waals surface area contributed by atoms with Gasteiger partial charge in [-0.05, 0) is 12.5 Å². The maximum atomic E-state index is 11.6. The number of nitrogens with one attached hydrogen (secondary N) is 1. The zero-order valence-corrected chi connectivity index (χ0v) is 11.1. The highest BCUT2D eigenvalue weighted by molar-refractivity contribution is 6.20. The molecule has 1 atom stereocenters. The summed E-state index contributed by atoms with van der Waals surface area (Å²) in [7, 11) is 1.59. The zero-order valence-electron chi connectivity index (χ0n) is 10.4. The number of phenols is 1. The Bertz CT molecular complexity index is 384. The van der Waals surface area contributed by atoms with Gasteiger partial charge in [-0.15, -0.1) is 11.6 Å². The van der Waals surface area contributed by atoms with Crippen LogP contribution >= 0.6 is 11.6 Å². The molecule has 0 aliphatic carbocycles. The molecule has 0 saturated carbocycles. The van der Waals surface area contributed by atoms with Crippen molar-refractivity contribution in [1.82, 2.24) is 5.32 Å². The molecule has 0 radical (unpaired) electrons. The number of hydrogen-bond donors (Lipinski definition) is 2. The minimum Gasteiger partial charge on any atom is -0.508 e. The van der Waals surface area contributed by atoms with Crippen LogP contribution in [0.25, 0.3) is 0 Å². The fourth-order valence-electron chi connectivity index (χ4n) is 1.53. The third kappa shape index (κ3) is 5.38. The highest BCUT2D eigenvalue weighted by Crippen LogP contribution is 2.15. The second-order valence-electron chi connectivity index (χ2n) is 4.00. The van der Waals surface area contributed by atoms with Gasteiger partial charge in [-0.1, -0.05) is 18.2 Å². The van der Waals surface area contributed by atoms with Gasteiger partial charge in [0.15, 0.2) is 0 Å². The summed E-state index contributed by atoms with van der Waals surface area (Å²) >= 11 is 5.93. The summed E-state index contributed by atoms with van der Waals surface area (Å²) in [6, 6.07) is 6.80. The van der Waals surface area contributed by atoms with E-state index in [0.717, 1.165) is 0 Å². The van der Waals surface area contributed by atoms with Gasteiger partial charge < -0.3 is 15.2 Å². The Balaban J connectivity index is 2.28. The predicted molar refractivity (Wildman–Crippen MR) is 71.0 cm³/mol. The Morgan fingerprint density at radius 1 is 1.50 bits per heavy atom. The van der Waals surface area contributed by atoms with Gasteiger partial charge in [0.05, 0.1) is 18.4 Å². The van der Waals surface area contributed by atoms with Gasteiger partial charge in [0.2, 0.25) is 5.91 Å². The molecule has 4 nitrogen and oxygen atoms in total. The molecule has 1 aromatic rings. The van der Waals surface area contributed by atoms with Crippen LogP contribution < -0.4 is 5.32 Å². The van der Waals surface area contributed by atoms with E-state index >= 15 is 0 Å². The molecule has 1 rings (SSSR count). The third-order valence-corrected chi connectivity index (χ3v) is 2.81. The first kappa shape index (κ1) is 14.8. The number of carbonyl (C=O) groups excluding carboxylic acids is 1. The molecule has 100 valence electrons. The lowest BCUT2D eigenvalue weighted by Crippen LogP contribution is -2.28. The summed E-state index contributed by atoms with van der Waals surface area (Å²) < 4.78 is 4.89. The first-order chi connectivity index (χ1) is 8.63. The Hall–Kier alpha value is -1.26. The molecule has 18 heavy (non-hydrogen) atoms. The van der Waals surface area contributed by atoms with E-state index in [1.54, 1.807) is 31.4 Å². The summed E-state index contributed by atoms with van der Waals surface area (Å²) in [5.41, 5.74) is 0.620. The number of rotatable bonds is 7. The summed E-state index contributed by atoms with van der Waals surface area (Å²) in [4.78, 5) is 11.6. The van der Waals surface area contributed by atoms with Crippen molar-refractivity contribution < 1.29 is 14.6 Å². The Kier molecular flexibility index (Phi) is 6.54. The zero-order chi connectivity index (χ0) is 13.4. The van der Waals surface area contributed by atoms with Crippen LogP contribution in [0.2, 0.25) is 0 Å². The Morgan fingerprint density at radius 2 is 2.22 bits per heavy atom. The van der Waals surface area contributed by atoms with Crippen molar-refractivity contribution in [2.75, 3.05) is 20.3 Å². The van der Waals surface area contributed by atoms with Crippen LogP contribution in [0.15, 0.2) is 24.3 Å². The summed E-state index contributed by atoms with van der Waals surface area (Å²) in [5, 5.41) is 12.2. The lowest BCUT2D eigenvalue weighted by Gasteiger charge is -2.09. The maximum absolute atomic E-state index is 11.6. The van der Waals surface area contributed by atoms with E-state index in [9.17, 15) is 9.90 Å². The predicted octanol–water partition coefficient (Wildman–Crippen LogP) is 1.69. The maximum Gasteiger partial charge on any atom is 0.224 e. The monoisotopic (exact) mass is 271 g/mol. The fourth-order valence-corrected chi connectivity index (χ4v) is 1.76. The van der Waals surface area contributed by atoms with Crippen LogP contribution in [-0.2, 0) is 16.0 Å². The topological polar surface area (TPSA) is 58.6 Å². The fraction of sp³-hybridized carbons (Fsp3) is 0.462. The summed E-state index contributed by atoms with van der Waals surface area (Å²) in [6.45, 7) is 0.973. The molecular formula is C13H18ClNO3. The minimum absolute atomic E-state index is 0.0968. The number of alkyl halides is 1. The lowest BCUT2D eigenvalue weighted by molar-refractivity contribution is -0.120. The van der Waals surface area contributed by atoms with Crippen LogP contribution in [0.4, 0.5) is 0 Å². The number of halogens is 1. The van der Waals surface area contributed by atoms with Gasteiger partial charge in [0.1, 0.15) is 5.75 Å². The minimum atomic E-state index is -0.127. The van der Waals surface area contributed by atoms with Gasteiger partial charge in [0.25, 0.3) is 0 Å². The second-order valence-corrected chi connectivity index (χ2v) is 4.61. The van der Waals surface area contributed by atoms with E-state index in [1.807, 2.05) is 0 Å². The largest absolute Gasteiger partial charge is 0.508 e. The third-order valence-electron chi connectivity index (χ3n) is 2.47. The standard InChI is InChI=1S/C13H18ClNO3/c1-18-9-11(14)6-7-15-13(17)8-10-4-2-3-5-12(10)16/h2-5,11,16H,6-9H2,1H3,(H,15,17). The summed E-state index contributed by atoms with van der Waals surface area (Å²) in [5.74, 6) is 0.0139. The smallest absolute Gasteiger partial charge is 0.224 e. The second kappa shape index (κ2) is 7.95. The number of para-hydroxylation sites is 1. The quantitative estimate of drug-likeness (QED) is 0.742. The molecule has 2 N–H and O–H groups in total. The van der Waals surface area contributed by atoms with Gasteiger partial charge in [-0.3, -0.25) is 4.79 Å². The van der Waals surface area contributed by atoms with Crippen LogP contribution in [-0.4, -0.2) is 36.7 Å². The number of aromatic hydroxyl groups is 1. The lowest BCUT2D eigenvalue weighted by atomic mass is 10.1. The van der Waals surface area contributed by atoms with E-state index < -0.39 is 0 Å². The number of methoxy groups -OCH3 is 1. The van der Waals surface area contributed by atoms with Crippen molar-refractivity contribution in [2.45, 2.75) is 18.2 Å². The average molecular weight is 272 g/mol. The highest BCUT2D eigenvalue weighted by atomic mass is 35.5. The molecule has 1 aromatic carbocycles. The van der Waals surface area contributed by atoms with E-state index in [2.05, 4.69) is 5.32 Å². The molecule has 1 unspecified atom stereocenters. The molecule has 0 saturated heterocycles. The van der Waals surface area contributed by atoms with Crippen LogP contribution in [0, 0.1) is 0 Å². The van der Waals surface area contributed by atoms with Gasteiger partial charge >= 0.3 is 0 Å². The number of phenolic OH excluding ortho intramolecular Hbond substituents is 1. The van der Waals surface area contributed by atoms with Crippen molar-refractivity contribution in [1.29, 1.82) is 0 Å². The molecule has 0 aliphatic heterocycles. The van der Waals surface area contributed by atoms with Gasteiger partial charge in [-0.2, -0.15) is 0 Å². The van der Waals surface area contributed by atoms with Crippen molar-refractivity contribution in [3.63, 3.8) is 0 Å². The van der Waals surface area contributed by atoms with Gasteiger partial charge in [-0.25, -0.2) is 0 Å². The SMILES string of the molecule is COCC(Cl)CCNC(=O)Cc1ccccc1O. The van der Waals surface area contributed by atoms with Crippen LogP contribution in [0.5, 0.6) is 5.75 Å². The van der Waals surface area contributed by atoms with Crippen molar-refractivity contribution in [3.05, 3.63) is 29.8 Å². The molecule has 1 amide bonds. The molecule has 0 fully saturated rings. The van der Waals surface area contributed by atoms with Crippen LogP contribution in [0.3, 0.4) is 0 Å². The molecule has 0 bridgehead atoms. The Labute approximate surface area is 112 Å². The van der Waals surface area contributed by atoms with E-state index in [4.69, 9.17) is 16.3 Å². The molecule has 5 heteroatoms. The molecule has 0 spiro atoms. The van der Waals surface area contributed by atoms with Crippen molar-refractivity contribution in [3.8, 4) is 5.75 Å². The van der Waals surface area contributed by atoms with Crippen molar-refractivity contribution in [2.24, 2.45) is 0 Å². The summed E-state index contributed by atoms with van der Waals surface area (Å²) in [6.07, 6.45) is 0.825. The van der Waals surface area contributed by atoms with E-state index in [1.165, 1.54) is 0 Å². The number of amides is 1. The number of hydrogen-bond acceptors (Lipinski definition) is 3. The number of ether oxygens (including phenoxy) is 1. The number of benzene rings is 1. The van der Waals surface area contributed by atoms with Crippen molar-refractivity contribution >= 4 is 17.5 Å². The normalized spacial score (nSPS) is 12.1. The first-order valence-corrected chi connectivity index (χ1v) is 6.23. The highest BCUT2D eigenvalue weighted by Gasteiger charge is 2.08. The average Bonchev–Trinajstić information content (AvgIpc) is 2.32. The number of carbonyl (C=O) groups is 1. The molecule has 0 heterocycles. The van der Waals surface area contributed by atoms with E-state index in [-0.39, 0.29) is 23.5 Å². The molecule has 0 aliphatic rings. The van der Waals surface area contributed by atoms with E-state index in [0.29, 0.717) is 25.1 Å².